The molecule has 0 aromatic carbocycles. The summed E-state index contributed by atoms with van der Waals surface area (Å²) in [4.78, 5) is 23.7. The first-order chi connectivity index (χ1) is 9.41. The highest BCUT2D eigenvalue weighted by atomic mass is 32.1. The zero-order valence-electron chi connectivity index (χ0n) is 10.7. The van der Waals surface area contributed by atoms with Gasteiger partial charge in [-0.05, 0) is 24.8 Å². The van der Waals surface area contributed by atoms with Crippen molar-refractivity contribution in [2.24, 2.45) is 11.7 Å². The largest absolute Gasteiger partial charge is 0.478 e. The lowest BCUT2D eigenvalue weighted by molar-refractivity contribution is -0.134. The molecule has 1 aromatic heterocycles. The summed E-state index contributed by atoms with van der Waals surface area (Å²) in [6, 6.07) is 3.68. The highest BCUT2D eigenvalue weighted by Gasteiger charge is 2.36. The molecule has 6 nitrogen and oxygen atoms in total. The molecule has 1 aliphatic rings. The van der Waals surface area contributed by atoms with Crippen LogP contribution in [-0.4, -0.2) is 22.2 Å². The number of allylic oxidation sites excluding steroid dienone is 1. The molecule has 0 saturated heterocycles. The van der Waals surface area contributed by atoms with Crippen LogP contribution in [0.4, 0.5) is 0 Å². The van der Waals surface area contributed by atoms with Gasteiger partial charge in [0.15, 0.2) is 0 Å². The Bertz CT molecular complexity index is 580. The zero-order valence-corrected chi connectivity index (χ0v) is 11.5. The van der Waals surface area contributed by atoms with Gasteiger partial charge in [0.25, 0.3) is 0 Å². The molecule has 0 radical (unpaired) electrons. The molecule has 0 saturated carbocycles. The van der Waals surface area contributed by atoms with Crippen LogP contribution >= 0.6 is 11.3 Å². The number of carboxylic acid groups (broad SMARTS) is 2. The Balaban J connectivity index is 2.48. The molecule has 0 bridgehead atoms. The maximum absolute atomic E-state index is 11.4. The van der Waals surface area contributed by atoms with E-state index in [2.05, 4.69) is 5.32 Å². The molecule has 0 fully saturated rings. The van der Waals surface area contributed by atoms with E-state index in [-0.39, 0.29) is 17.0 Å². The van der Waals surface area contributed by atoms with Crippen molar-refractivity contribution in [1.29, 1.82) is 0 Å². The van der Waals surface area contributed by atoms with Gasteiger partial charge < -0.3 is 21.3 Å². The van der Waals surface area contributed by atoms with Gasteiger partial charge in [0.05, 0.1) is 11.1 Å². The molecule has 1 unspecified atom stereocenters. The lowest BCUT2D eigenvalue weighted by Crippen LogP contribution is -2.36. The van der Waals surface area contributed by atoms with Crippen LogP contribution < -0.4 is 11.1 Å². The molecule has 5 N–H and O–H groups in total. The molecular formula is C13H14N2O4S. The van der Waals surface area contributed by atoms with Crippen LogP contribution in [0, 0.1) is 5.92 Å². The maximum atomic E-state index is 11.4. The Morgan fingerprint density at radius 3 is 2.50 bits per heavy atom. The molecule has 20 heavy (non-hydrogen) atoms. The first kappa shape index (κ1) is 14.1. The third-order valence-electron chi connectivity index (χ3n) is 3.16. The molecule has 2 heterocycles. The molecule has 0 spiro atoms. The van der Waals surface area contributed by atoms with Gasteiger partial charge in [0.2, 0.25) is 0 Å². The molecule has 106 valence electrons. The predicted octanol–water partition coefficient (Wildman–Crippen LogP) is 1.12. The van der Waals surface area contributed by atoms with Gasteiger partial charge in [-0.2, -0.15) is 0 Å². The summed E-state index contributed by atoms with van der Waals surface area (Å²) in [6.45, 7) is 1.58. The molecular weight excluding hydrogens is 280 g/mol. The van der Waals surface area contributed by atoms with Crippen molar-refractivity contribution >= 4 is 23.3 Å². The first-order valence-electron chi connectivity index (χ1n) is 5.88. The van der Waals surface area contributed by atoms with Crippen LogP contribution in [0.5, 0.6) is 0 Å². The quantitative estimate of drug-likeness (QED) is 0.662. The second kappa shape index (κ2) is 5.38. The van der Waals surface area contributed by atoms with Crippen LogP contribution in [0.2, 0.25) is 0 Å². The summed E-state index contributed by atoms with van der Waals surface area (Å²) in [5.41, 5.74) is 6.04. The number of nitrogens with two attached hydrogens (primary N) is 1. The summed E-state index contributed by atoms with van der Waals surface area (Å²) in [6.07, 6.45) is 0.306. The summed E-state index contributed by atoms with van der Waals surface area (Å²) in [7, 11) is 0. The van der Waals surface area contributed by atoms with Crippen molar-refractivity contribution < 1.29 is 19.8 Å². The lowest BCUT2D eigenvalue weighted by atomic mass is 9.84. The van der Waals surface area contributed by atoms with Crippen LogP contribution in [0.15, 0.2) is 40.2 Å². The Morgan fingerprint density at radius 2 is 2.00 bits per heavy atom. The fourth-order valence-corrected chi connectivity index (χ4v) is 3.09. The zero-order chi connectivity index (χ0) is 14.9. The van der Waals surface area contributed by atoms with Crippen molar-refractivity contribution in [3.05, 3.63) is 45.1 Å². The SMILES string of the molecule is CC1=C(C(=O)O)C(Cc2cccs2)C(C(=O)O)=C(N)N1. The lowest BCUT2D eigenvalue weighted by Gasteiger charge is -2.27. The monoisotopic (exact) mass is 294 g/mol. The van der Waals surface area contributed by atoms with E-state index in [4.69, 9.17) is 5.73 Å². The molecule has 0 aliphatic carbocycles. The minimum Gasteiger partial charge on any atom is -0.478 e. The molecule has 1 aromatic rings. The van der Waals surface area contributed by atoms with Gasteiger partial charge in [0, 0.05) is 16.5 Å². The Hall–Kier alpha value is -2.28. The minimum absolute atomic E-state index is 0.00144. The van der Waals surface area contributed by atoms with E-state index in [0.717, 1.165) is 4.88 Å². The summed E-state index contributed by atoms with van der Waals surface area (Å²) in [5, 5.41) is 23.1. The van der Waals surface area contributed by atoms with Crippen molar-refractivity contribution in [1.82, 2.24) is 5.32 Å². The molecule has 2 rings (SSSR count). The number of hydrogen-bond donors (Lipinski definition) is 4. The average Bonchev–Trinajstić information content (AvgIpc) is 2.79. The average molecular weight is 294 g/mol. The second-order valence-electron chi connectivity index (χ2n) is 4.44. The van der Waals surface area contributed by atoms with E-state index in [1.807, 2.05) is 17.5 Å². The van der Waals surface area contributed by atoms with Crippen molar-refractivity contribution in [2.75, 3.05) is 0 Å². The number of thiophene rings is 1. The fourth-order valence-electron chi connectivity index (χ4n) is 2.34. The number of hydrogen-bond acceptors (Lipinski definition) is 5. The van der Waals surface area contributed by atoms with E-state index < -0.39 is 17.9 Å². The van der Waals surface area contributed by atoms with Crippen LogP contribution in [-0.2, 0) is 16.0 Å². The van der Waals surface area contributed by atoms with Crippen molar-refractivity contribution in [3.63, 3.8) is 0 Å². The first-order valence-corrected chi connectivity index (χ1v) is 6.76. The highest BCUT2D eigenvalue weighted by molar-refractivity contribution is 7.09. The highest BCUT2D eigenvalue weighted by Crippen LogP contribution is 2.32. The van der Waals surface area contributed by atoms with Crippen LogP contribution in [0.3, 0.4) is 0 Å². The van der Waals surface area contributed by atoms with E-state index >= 15 is 0 Å². The van der Waals surface area contributed by atoms with Crippen LogP contribution in [0.25, 0.3) is 0 Å². The number of carbonyl (C=O) groups is 2. The van der Waals surface area contributed by atoms with Gasteiger partial charge in [-0.1, -0.05) is 6.07 Å². The van der Waals surface area contributed by atoms with E-state index in [1.54, 1.807) is 6.92 Å². The number of carboxylic acids is 2. The number of rotatable bonds is 4. The standard InChI is InChI=1S/C13H14N2O4S/c1-6-9(12(16)17)8(5-7-3-2-4-20-7)10(13(18)19)11(14)15-6/h2-4,8,15H,5,14H2,1H3,(H,16,17)(H,18,19). The number of nitrogens with one attached hydrogen (secondary N) is 1. The van der Waals surface area contributed by atoms with Gasteiger partial charge in [-0.25, -0.2) is 9.59 Å². The Morgan fingerprint density at radius 1 is 1.35 bits per heavy atom. The topological polar surface area (TPSA) is 113 Å². The molecule has 1 aliphatic heterocycles. The van der Waals surface area contributed by atoms with E-state index in [1.165, 1.54) is 11.3 Å². The second-order valence-corrected chi connectivity index (χ2v) is 5.47. The molecule has 1 atom stereocenters. The fraction of sp³-hybridized carbons (Fsp3) is 0.231. The van der Waals surface area contributed by atoms with E-state index in [0.29, 0.717) is 12.1 Å². The van der Waals surface area contributed by atoms with Crippen LogP contribution in [0.1, 0.15) is 11.8 Å². The van der Waals surface area contributed by atoms with Gasteiger partial charge in [-0.15, -0.1) is 11.3 Å². The summed E-state index contributed by atoms with van der Waals surface area (Å²) >= 11 is 1.45. The molecule has 7 heteroatoms. The summed E-state index contributed by atoms with van der Waals surface area (Å²) in [5.74, 6) is -3.10. The van der Waals surface area contributed by atoms with Crippen molar-refractivity contribution in [3.8, 4) is 0 Å². The normalized spacial score (nSPS) is 18.9. The van der Waals surface area contributed by atoms with Gasteiger partial charge in [0.1, 0.15) is 5.82 Å². The minimum atomic E-state index is -1.21. The number of dihydropyridines is 1. The Kier molecular flexibility index (Phi) is 3.80. The Labute approximate surface area is 119 Å². The van der Waals surface area contributed by atoms with Gasteiger partial charge in [-0.3, -0.25) is 0 Å². The van der Waals surface area contributed by atoms with Gasteiger partial charge >= 0.3 is 11.9 Å². The number of aliphatic carboxylic acids is 2. The molecule has 0 amide bonds. The third kappa shape index (κ3) is 2.53. The smallest absolute Gasteiger partial charge is 0.335 e. The van der Waals surface area contributed by atoms with E-state index in [9.17, 15) is 19.8 Å². The predicted molar refractivity (Wildman–Crippen MR) is 73.8 cm³/mol. The summed E-state index contributed by atoms with van der Waals surface area (Å²) < 4.78 is 0. The third-order valence-corrected chi connectivity index (χ3v) is 4.06. The maximum Gasteiger partial charge on any atom is 0.335 e. The van der Waals surface area contributed by atoms with Crippen molar-refractivity contribution in [2.45, 2.75) is 13.3 Å².